The number of hydrogen-bond acceptors (Lipinski definition) is 4. The number of piperidine rings is 1. The Morgan fingerprint density at radius 1 is 1.50 bits per heavy atom. The lowest BCUT2D eigenvalue weighted by molar-refractivity contribution is 0.130. The molecule has 0 amide bonds. The molecule has 2 atom stereocenters. The summed E-state index contributed by atoms with van der Waals surface area (Å²) in [7, 11) is 2.25. The van der Waals surface area contributed by atoms with Gasteiger partial charge in [-0.1, -0.05) is 6.07 Å². The summed E-state index contributed by atoms with van der Waals surface area (Å²) in [6.45, 7) is 4.26. The van der Waals surface area contributed by atoms with Gasteiger partial charge in [0.25, 0.3) is 0 Å². The van der Waals surface area contributed by atoms with Crippen LogP contribution >= 0.6 is 27.3 Å². The predicted molar refractivity (Wildman–Crippen MR) is 97.6 cm³/mol. The second-order valence-corrected chi connectivity index (χ2v) is 7.88. The third kappa shape index (κ3) is 3.53. The molecule has 3 nitrogen and oxygen atoms in total. The second kappa shape index (κ2) is 7.11. The van der Waals surface area contributed by atoms with Crippen LogP contribution in [0.2, 0.25) is 0 Å². The van der Waals surface area contributed by atoms with Crippen molar-refractivity contribution in [3.63, 3.8) is 0 Å². The topological polar surface area (TPSA) is 28.2 Å². The van der Waals surface area contributed by atoms with Gasteiger partial charge >= 0.3 is 0 Å². The molecule has 0 aliphatic carbocycles. The van der Waals surface area contributed by atoms with E-state index in [1.165, 1.54) is 29.8 Å². The highest BCUT2D eigenvalue weighted by atomic mass is 79.9. The number of anilines is 1. The Morgan fingerprint density at radius 3 is 3.09 bits per heavy atom. The fraction of sp³-hybridized carbons (Fsp3) is 0.471. The fourth-order valence-electron chi connectivity index (χ4n) is 3.25. The number of halogens is 1. The molecule has 0 radical (unpaired) electrons. The third-order valence-corrected chi connectivity index (χ3v) is 6.21. The average molecular weight is 380 g/mol. The van der Waals surface area contributed by atoms with E-state index in [1.807, 2.05) is 17.5 Å². The minimum Gasteiger partial charge on any atom is -0.370 e. The SMILES string of the molecule is Cc1cc(NCC2CCCN(C)C2c2cccs2)ncc1Br. The van der Waals surface area contributed by atoms with E-state index in [9.17, 15) is 0 Å². The number of pyridine rings is 1. The van der Waals surface area contributed by atoms with Crippen LogP contribution in [0.15, 0.2) is 34.2 Å². The number of thiophene rings is 1. The molecule has 22 heavy (non-hydrogen) atoms. The Hall–Kier alpha value is -0.910. The van der Waals surface area contributed by atoms with Crippen molar-refractivity contribution < 1.29 is 0 Å². The van der Waals surface area contributed by atoms with Crippen molar-refractivity contribution in [2.75, 3.05) is 25.5 Å². The quantitative estimate of drug-likeness (QED) is 0.833. The molecule has 2 aromatic rings. The molecule has 3 rings (SSSR count). The lowest BCUT2D eigenvalue weighted by Crippen LogP contribution is -2.38. The van der Waals surface area contributed by atoms with E-state index in [4.69, 9.17) is 0 Å². The Labute approximate surface area is 144 Å². The minimum absolute atomic E-state index is 0.526. The van der Waals surface area contributed by atoms with Crippen LogP contribution in [0, 0.1) is 12.8 Å². The van der Waals surface area contributed by atoms with Gasteiger partial charge < -0.3 is 5.32 Å². The first-order valence-corrected chi connectivity index (χ1v) is 9.42. The smallest absolute Gasteiger partial charge is 0.126 e. The van der Waals surface area contributed by atoms with Crippen molar-refractivity contribution in [1.82, 2.24) is 9.88 Å². The minimum atomic E-state index is 0.526. The largest absolute Gasteiger partial charge is 0.370 e. The number of hydrogen-bond donors (Lipinski definition) is 1. The van der Waals surface area contributed by atoms with Gasteiger partial charge in [0.05, 0.1) is 0 Å². The van der Waals surface area contributed by atoms with E-state index in [0.717, 1.165) is 16.8 Å². The van der Waals surface area contributed by atoms with Gasteiger partial charge in [-0.2, -0.15) is 0 Å². The summed E-state index contributed by atoms with van der Waals surface area (Å²) in [6.07, 6.45) is 4.42. The van der Waals surface area contributed by atoms with Crippen molar-refractivity contribution in [2.24, 2.45) is 5.92 Å². The molecule has 2 unspecified atom stereocenters. The summed E-state index contributed by atoms with van der Waals surface area (Å²) >= 11 is 5.38. The van der Waals surface area contributed by atoms with Crippen LogP contribution in [0.3, 0.4) is 0 Å². The third-order valence-electron chi connectivity index (χ3n) is 4.43. The maximum atomic E-state index is 4.46. The maximum Gasteiger partial charge on any atom is 0.126 e. The van der Waals surface area contributed by atoms with Gasteiger partial charge in [-0.15, -0.1) is 11.3 Å². The number of rotatable bonds is 4. The Kier molecular flexibility index (Phi) is 5.16. The van der Waals surface area contributed by atoms with Crippen molar-refractivity contribution in [1.29, 1.82) is 0 Å². The summed E-state index contributed by atoms with van der Waals surface area (Å²) < 4.78 is 1.06. The zero-order chi connectivity index (χ0) is 15.5. The monoisotopic (exact) mass is 379 g/mol. The summed E-state index contributed by atoms with van der Waals surface area (Å²) in [6, 6.07) is 7.06. The fourth-order valence-corrected chi connectivity index (χ4v) is 4.45. The molecule has 0 saturated carbocycles. The van der Waals surface area contributed by atoms with Crippen LogP contribution in [0.1, 0.15) is 29.3 Å². The van der Waals surface area contributed by atoms with Crippen molar-refractivity contribution in [3.8, 4) is 0 Å². The highest BCUT2D eigenvalue weighted by Gasteiger charge is 2.30. The van der Waals surface area contributed by atoms with Crippen LogP contribution in [-0.2, 0) is 0 Å². The van der Waals surface area contributed by atoms with E-state index in [1.54, 1.807) is 0 Å². The highest BCUT2D eigenvalue weighted by molar-refractivity contribution is 9.10. The molecule has 1 saturated heterocycles. The summed E-state index contributed by atoms with van der Waals surface area (Å²) in [5, 5.41) is 5.72. The Balaban J connectivity index is 1.70. The van der Waals surface area contributed by atoms with E-state index in [-0.39, 0.29) is 0 Å². The molecule has 118 valence electrons. The van der Waals surface area contributed by atoms with Crippen LogP contribution in [0.25, 0.3) is 0 Å². The number of nitrogens with one attached hydrogen (secondary N) is 1. The van der Waals surface area contributed by atoms with Crippen LogP contribution in [0.4, 0.5) is 5.82 Å². The summed E-state index contributed by atoms with van der Waals surface area (Å²) in [5.74, 6) is 1.60. The first-order chi connectivity index (χ1) is 10.6. The highest BCUT2D eigenvalue weighted by Crippen LogP contribution is 2.37. The van der Waals surface area contributed by atoms with Crippen LogP contribution < -0.4 is 5.32 Å². The van der Waals surface area contributed by atoms with Gasteiger partial charge in [0, 0.05) is 28.1 Å². The molecule has 0 aromatic carbocycles. The molecule has 5 heteroatoms. The average Bonchev–Trinajstić information content (AvgIpc) is 3.02. The van der Waals surface area contributed by atoms with E-state index < -0.39 is 0 Å². The Morgan fingerprint density at radius 2 is 2.36 bits per heavy atom. The van der Waals surface area contributed by atoms with Crippen LogP contribution in [0.5, 0.6) is 0 Å². The first-order valence-electron chi connectivity index (χ1n) is 7.75. The number of aryl methyl sites for hydroxylation is 1. The normalized spacial score (nSPS) is 22.7. The number of aromatic nitrogens is 1. The van der Waals surface area contributed by atoms with Crippen molar-refractivity contribution in [2.45, 2.75) is 25.8 Å². The predicted octanol–water partition coefficient (Wildman–Crippen LogP) is 4.71. The van der Waals surface area contributed by atoms with E-state index in [2.05, 4.69) is 68.7 Å². The molecule has 2 aromatic heterocycles. The lowest BCUT2D eigenvalue weighted by atomic mass is 9.88. The van der Waals surface area contributed by atoms with Gasteiger partial charge in [-0.05, 0) is 78.3 Å². The van der Waals surface area contributed by atoms with Gasteiger partial charge in [-0.3, -0.25) is 4.90 Å². The van der Waals surface area contributed by atoms with Gasteiger partial charge in [0.1, 0.15) is 5.82 Å². The van der Waals surface area contributed by atoms with Crippen molar-refractivity contribution in [3.05, 3.63) is 44.7 Å². The Bertz CT molecular complexity index is 614. The number of nitrogens with zero attached hydrogens (tertiary/aromatic N) is 2. The molecule has 0 spiro atoms. The van der Waals surface area contributed by atoms with Gasteiger partial charge in [0.2, 0.25) is 0 Å². The maximum absolute atomic E-state index is 4.46. The molecule has 1 aliphatic heterocycles. The zero-order valence-corrected chi connectivity index (χ0v) is 15.5. The molecule has 1 N–H and O–H groups in total. The van der Waals surface area contributed by atoms with Gasteiger partial charge in [0.15, 0.2) is 0 Å². The first kappa shape index (κ1) is 16.0. The summed E-state index contributed by atoms with van der Waals surface area (Å²) in [5.41, 5.74) is 1.22. The van der Waals surface area contributed by atoms with Crippen molar-refractivity contribution >= 4 is 33.1 Å². The van der Waals surface area contributed by atoms with E-state index in [0.29, 0.717) is 12.0 Å². The molecule has 0 bridgehead atoms. The standard InChI is InChI=1S/C17H22BrN3S/c1-12-9-16(20-11-14(12)18)19-10-13-5-3-7-21(2)17(13)15-6-4-8-22-15/h4,6,8-9,11,13,17H,3,5,7,10H2,1-2H3,(H,19,20). The molecular formula is C17H22BrN3S. The molecule has 3 heterocycles. The van der Waals surface area contributed by atoms with Crippen LogP contribution in [-0.4, -0.2) is 30.0 Å². The number of likely N-dealkylation sites (tertiary alicyclic amines) is 1. The van der Waals surface area contributed by atoms with E-state index >= 15 is 0 Å². The lowest BCUT2D eigenvalue weighted by Gasteiger charge is -2.39. The summed E-state index contributed by atoms with van der Waals surface area (Å²) in [4.78, 5) is 8.44. The van der Waals surface area contributed by atoms with Gasteiger partial charge in [-0.25, -0.2) is 4.98 Å². The molecule has 1 aliphatic rings. The molecule has 1 fully saturated rings. The molecular weight excluding hydrogens is 358 g/mol. The zero-order valence-electron chi connectivity index (χ0n) is 13.1. The second-order valence-electron chi connectivity index (χ2n) is 6.04.